The van der Waals surface area contributed by atoms with E-state index in [1.165, 1.54) is 6.42 Å². The van der Waals surface area contributed by atoms with Gasteiger partial charge in [0.15, 0.2) is 0 Å². The number of hydrogen-bond acceptors (Lipinski definition) is 2. The zero-order valence-electron chi connectivity index (χ0n) is 36.1. The molecule has 1 rings (SSSR count). The van der Waals surface area contributed by atoms with Crippen molar-refractivity contribution < 1.29 is 9.59 Å². The Hall–Kier alpha value is -2.10. The molecule has 3 unspecified atom stereocenters. The van der Waals surface area contributed by atoms with Crippen molar-refractivity contribution in [2.45, 2.75) is 181 Å². The van der Waals surface area contributed by atoms with Crippen LogP contribution in [0.3, 0.4) is 0 Å². The molecule has 1 saturated heterocycles. The molecule has 1 fully saturated rings. The van der Waals surface area contributed by atoms with Crippen LogP contribution in [0.2, 0.25) is 0 Å². The molecule has 0 radical (unpaired) electrons. The van der Waals surface area contributed by atoms with Gasteiger partial charge in [-0.2, -0.15) is 0 Å². The van der Waals surface area contributed by atoms with E-state index in [0.717, 1.165) is 32.1 Å². The second-order valence-corrected chi connectivity index (χ2v) is 20.4. The lowest BCUT2D eigenvalue weighted by molar-refractivity contribution is -0.131. The fraction of sp³-hybridized carbons (Fsp3) is 0.783. The van der Waals surface area contributed by atoms with Crippen LogP contribution in [0, 0.1) is 44.3 Å². The monoisotopic (exact) mass is 695 g/mol. The van der Waals surface area contributed by atoms with Crippen LogP contribution in [0.5, 0.6) is 0 Å². The average Bonchev–Trinajstić information content (AvgIpc) is 3.65. The lowest BCUT2D eigenvalue weighted by atomic mass is 9.64. The van der Waals surface area contributed by atoms with Crippen molar-refractivity contribution in [1.82, 2.24) is 10.2 Å². The van der Waals surface area contributed by atoms with E-state index in [9.17, 15) is 9.59 Å². The SMILES string of the molecule is CCC(C)(C)C(C)/C=C\C/C=C\CC(C)(C)C(C)(C)CC(=O)N1C(CNC(=O)CC(C)(C)C/C=C\C/C=C\C(C)(C)C(C)(C)C)C1CC(C)C. The molecule has 288 valence electrons. The molecule has 0 aliphatic carbocycles. The van der Waals surface area contributed by atoms with Crippen LogP contribution in [0.25, 0.3) is 0 Å². The van der Waals surface area contributed by atoms with Gasteiger partial charge in [-0.15, -0.1) is 0 Å². The second-order valence-electron chi connectivity index (χ2n) is 20.4. The van der Waals surface area contributed by atoms with E-state index in [4.69, 9.17) is 0 Å². The lowest BCUT2D eigenvalue weighted by Gasteiger charge is -2.41. The number of allylic oxidation sites excluding steroid dienone is 8. The fourth-order valence-corrected chi connectivity index (χ4v) is 6.07. The van der Waals surface area contributed by atoms with Gasteiger partial charge in [-0.05, 0) is 76.4 Å². The molecule has 1 heterocycles. The van der Waals surface area contributed by atoms with Crippen LogP contribution >= 0.6 is 0 Å². The summed E-state index contributed by atoms with van der Waals surface area (Å²) >= 11 is 0. The van der Waals surface area contributed by atoms with Gasteiger partial charge in [0, 0.05) is 19.4 Å². The van der Waals surface area contributed by atoms with Crippen LogP contribution in [-0.4, -0.2) is 35.3 Å². The quantitative estimate of drug-likeness (QED) is 0.0960. The summed E-state index contributed by atoms with van der Waals surface area (Å²) in [7, 11) is 0. The van der Waals surface area contributed by atoms with Crippen molar-refractivity contribution in [3.63, 3.8) is 0 Å². The van der Waals surface area contributed by atoms with Crippen LogP contribution in [-0.2, 0) is 9.59 Å². The molecule has 50 heavy (non-hydrogen) atoms. The number of rotatable bonds is 21. The van der Waals surface area contributed by atoms with E-state index in [2.05, 4.69) is 177 Å². The molecule has 0 spiro atoms. The lowest BCUT2D eigenvalue weighted by Crippen LogP contribution is -2.37. The van der Waals surface area contributed by atoms with Crippen molar-refractivity contribution in [2.24, 2.45) is 44.3 Å². The standard InChI is InChI=1S/C46H82N2O2/c1-18-43(10,11)36(4)27-23-19-20-26-30-45(14,15)46(16,17)33-40(50)48-37(31-35(2)3)38(48)34-47-39(49)32-42(8,9)28-24-21-22-25-29-44(12,13)41(5,6)7/h20-21,23-27,29,35-38H,18-19,22,28,30-34H2,1-17H3,(H,47,49)/b24-21-,26-20-,27-23-,29-25-. The predicted molar refractivity (Wildman–Crippen MR) is 219 cm³/mol. The highest BCUT2D eigenvalue weighted by Crippen LogP contribution is 2.46. The number of nitrogens with zero attached hydrogens (tertiary/aromatic N) is 1. The van der Waals surface area contributed by atoms with Crippen molar-refractivity contribution in [1.29, 1.82) is 0 Å². The zero-order valence-corrected chi connectivity index (χ0v) is 36.1. The first-order valence-corrected chi connectivity index (χ1v) is 19.9. The minimum atomic E-state index is -0.168. The predicted octanol–water partition coefficient (Wildman–Crippen LogP) is 12.5. The first kappa shape index (κ1) is 45.9. The first-order valence-electron chi connectivity index (χ1n) is 19.9. The molecule has 4 heteroatoms. The summed E-state index contributed by atoms with van der Waals surface area (Å²) < 4.78 is 0. The summed E-state index contributed by atoms with van der Waals surface area (Å²) in [6.45, 7) is 39.0. The Morgan fingerprint density at radius 2 is 1.26 bits per heavy atom. The minimum absolute atomic E-state index is 0.0348. The molecular formula is C46H82N2O2. The Labute approximate surface area is 311 Å². The number of carbonyl (C=O) groups is 2. The Morgan fingerprint density at radius 1 is 0.700 bits per heavy atom. The van der Waals surface area contributed by atoms with Crippen molar-refractivity contribution in [2.75, 3.05) is 6.54 Å². The summed E-state index contributed by atoms with van der Waals surface area (Å²) in [5.74, 6) is 1.35. The van der Waals surface area contributed by atoms with Gasteiger partial charge in [-0.25, -0.2) is 0 Å². The van der Waals surface area contributed by atoms with E-state index in [1.54, 1.807) is 0 Å². The van der Waals surface area contributed by atoms with E-state index in [-0.39, 0.29) is 51.0 Å². The van der Waals surface area contributed by atoms with Gasteiger partial charge in [-0.3, -0.25) is 9.59 Å². The van der Waals surface area contributed by atoms with Crippen LogP contribution in [0.4, 0.5) is 0 Å². The number of hydrogen-bond donors (Lipinski definition) is 1. The van der Waals surface area contributed by atoms with Gasteiger partial charge in [0.05, 0.1) is 12.1 Å². The Kier molecular flexibility index (Phi) is 17.1. The summed E-state index contributed by atoms with van der Waals surface area (Å²) in [5, 5.41) is 3.20. The third-order valence-corrected chi connectivity index (χ3v) is 12.9. The first-order chi connectivity index (χ1) is 22.7. The maximum Gasteiger partial charge on any atom is 0.223 e. The number of nitrogens with one attached hydrogen (secondary N) is 1. The summed E-state index contributed by atoms with van der Waals surface area (Å²) in [5.41, 5.74) is 0.351. The van der Waals surface area contributed by atoms with Crippen molar-refractivity contribution in [3.05, 3.63) is 48.6 Å². The molecule has 3 atom stereocenters. The van der Waals surface area contributed by atoms with Gasteiger partial charge in [0.1, 0.15) is 0 Å². The molecule has 0 bridgehead atoms. The zero-order chi connectivity index (χ0) is 38.8. The highest BCUT2D eigenvalue weighted by Gasteiger charge is 2.52. The number of amides is 2. The third kappa shape index (κ3) is 14.9. The average molecular weight is 695 g/mol. The minimum Gasteiger partial charge on any atom is -0.354 e. The van der Waals surface area contributed by atoms with Gasteiger partial charge >= 0.3 is 0 Å². The molecule has 1 aliphatic heterocycles. The van der Waals surface area contributed by atoms with E-state index in [0.29, 0.717) is 36.6 Å². The van der Waals surface area contributed by atoms with E-state index < -0.39 is 0 Å². The van der Waals surface area contributed by atoms with Gasteiger partial charge in [0.2, 0.25) is 11.8 Å². The maximum atomic E-state index is 13.8. The Balaban J connectivity index is 2.70. The topological polar surface area (TPSA) is 49.2 Å². The van der Waals surface area contributed by atoms with Crippen LogP contribution in [0.1, 0.15) is 169 Å². The second kappa shape index (κ2) is 18.6. The molecule has 0 aromatic heterocycles. The molecule has 1 aliphatic rings. The van der Waals surface area contributed by atoms with Crippen molar-refractivity contribution >= 4 is 11.8 Å². The smallest absolute Gasteiger partial charge is 0.223 e. The van der Waals surface area contributed by atoms with Gasteiger partial charge in [0.25, 0.3) is 0 Å². The van der Waals surface area contributed by atoms with Crippen LogP contribution in [0.15, 0.2) is 48.6 Å². The largest absolute Gasteiger partial charge is 0.354 e. The normalized spacial score (nSPS) is 19.1. The van der Waals surface area contributed by atoms with E-state index >= 15 is 0 Å². The highest BCUT2D eigenvalue weighted by atomic mass is 16.2. The van der Waals surface area contributed by atoms with Crippen LogP contribution < -0.4 is 5.32 Å². The fourth-order valence-electron chi connectivity index (χ4n) is 6.07. The van der Waals surface area contributed by atoms with Crippen molar-refractivity contribution in [3.8, 4) is 0 Å². The molecule has 0 aromatic carbocycles. The van der Waals surface area contributed by atoms with Gasteiger partial charge in [-0.1, -0.05) is 173 Å². The van der Waals surface area contributed by atoms with Gasteiger partial charge < -0.3 is 10.2 Å². The molecule has 0 aromatic rings. The molecule has 1 N–H and O–H groups in total. The summed E-state index contributed by atoms with van der Waals surface area (Å²) in [4.78, 5) is 29.0. The highest BCUT2D eigenvalue weighted by molar-refractivity contribution is 5.81. The third-order valence-electron chi connectivity index (χ3n) is 12.9. The van der Waals surface area contributed by atoms with E-state index in [1.807, 2.05) is 0 Å². The number of carbonyl (C=O) groups excluding carboxylic acids is 2. The molecule has 0 saturated carbocycles. The Bertz CT molecular complexity index is 1180. The molecule has 4 nitrogen and oxygen atoms in total. The molecular weight excluding hydrogens is 613 g/mol. The summed E-state index contributed by atoms with van der Waals surface area (Å²) in [6.07, 6.45) is 25.0. The maximum absolute atomic E-state index is 13.8. The molecule has 2 amide bonds. The Morgan fingerprint density at radius 3 is 1.80 bits per heavy atom. The summed E-state index contributed by atoms with van der Waals surface area (Å²) in [6, 6.07) is 0.299.